The molecule has 3 heterocycles. The molecule has 2 saturated heterocycles. The van der Waals surface area contributed by atoms with Crippen molar-refractivity contribution < 1.29 is 38.5 Å². The Morgan fingerprint density at radius 2 is 1.74 bits per heavy atom. The molecule has 2 aliphatic heterocycles. The van der Waals surface area contributed by atoms with Gasteiger partial charge in [-0.05, 0) is 69.4 Å². The Hall–Kier alpha value is -3.77. The maximum absolute atomic E-state index is 9.55. The number of rotatable bonds is 12. The second-order valence-electron chi connectivity index (χ2n) is 10.3. The number of carbonyl (C=O) groups is 2. The van der Waals surface area contributed by atoms with Gasteiger partial charge in [-0.15, -0.1) is 0 Å². The summed E-state index contributed by atoms with van der Waals surface area (Å²) in [6, 6.07) is 14.4. The van der Waals surface area contributed by atoms with Gasteiger partial charge in [-0.25, -0.2) is 9.59 Å². The van der Waals surface area contributed by atoms with Crippen molar-refractivity contribution >= 4 is 22.9 Å². The van der Waals surface area contributed by atoms with Crippen molar-refractivity contribution in [3.8, 4) is 5.75 Å². The molecule has 2 aliphatic rings. The van der Waals surface area contributed by atoms with Crippen molar-refractivity contribution in [1.82, 2.24) is 15.4 Å². The molecule has 0 unspecified atom stereocenters. The quantitative estimate of drug-likeness (QED) is 0.268. The summed E-state index contributed by atoms with van der Waals surface area (Å²) in [6.45, 7) is 5.77. The third kappa shape index (κ3) is 9.38. The Balaban J connectivity index is 0.000000446. The number of nitrogens with zero attached hydrogens (tertiary/aromatic N) is 2. The molecule has 0 atom stereocenters. The predicted molar refractivity (Wildman–Crippen MR) is 155 cm³/mol. The lowest BCUT2D eigenvalue weighted by atomic mass is 9.91. The van der Waals surface area contributed by atoms with Gasteiger partial charge in [0.2, 0.25) is 0 Å². The fourth-order valence-corrected chi connectivity index (χ4v) is 5.15. The molecule has 0 spiro atoms. The van der Waals surface area contributed by atoms with E-state index >= 15 is 0 Å². The summed E-state index contributed by atoms with van der Waals surface area (Å²) < 4.78 is 23.2. The van der Waals surface area contributed by atoms with E-state index in [1.54, 1.807) is 0 Å². The number of carboxylic acids is 2. The van der Waals surface area contributed by atoms with Gasteiger partial charge < -0.3 is 34.3 Å². The first-order valence-electron chi connectivity index (χ1n) is 14.2. The summed E-state index contributed by atoms with van der Waals surface area (Å²) in [6.07, 6.45) is 5.59. The molecule has 11 nitrogen and oxygen atoms in total. The van der Waals surface area contributed by atoms with Gasteiger partial charge in [-0.2, -0.15) is 0 Å². The predicted octanol–water partition coefficient (Wildman–Crippen LogP) is 3.86. The topological polar surface area (TPSA) is 144 Å². The van der Waals surface area contributed by atoms with E-state index in [4.69, 9.17) is 28.9 Å². The van der Waals surface area contributed by atoms with Gasteiger partial charge in [-0.3, -0.25) is 4.90 Å². The van der Waals surface area contributed by atoms with Gasteiger partial charge in [0.25, 0.3) is 0 Å². The molecular formula is C31H39N3O8. The third-order valence-electron chi connectivity index (χ3n) is 7.33. The Bertz CT molecular complexity index is 1300. The number of aliphatic carboxylic acids is 2. The summed E-state index contributed by atoms with van der Waals surface area (Å²) in [4.78, 5) is 21.6. The van der Waals surface area contributed by atoms with Crippen molar-refractivity contribution in [3.05, 3.63) is 71.4 Å². The molecule has 0 saturated carbocycles. The lowest BCUT2D eigenvalue weighted by Crippen LogP contribution is -2.39. The molecule has 42 heavy (non-hydrogen) atoms. The van der Waals surface area contributed by atoms with Crippen LogP contribution in [0.25, 0.3) is 11.0 Å². The highest BCUT2D eigenvalue weighted by atomic mass is 16.7. The molecule has 0 amide bonds. The van der Waals surface area contributed by atoms with E-state index in [0.29, 0.717) is 25.3 Å². The molecule has 3 N–H and O–H groups in total. The number of likely N-dealkylation sites (tertiary alicyclic amines) is 1. The lowest BCUT2D eigenvalue weighted by molar-refractivity contribution is -0.134. The normalized spacial score (nSPS) is 16.5. The van der Waals surface area contributed by atoms with Crippen LogP contribution in [0.3, 0.4) is 0 Å². The first-order valence-corrected chi connectivity index (χ1v) is 14.2. The number of benzene rings is 2. The zero-order valence-electron chi connectivity index (χ0n) is 23.9. The fraction of sp³-hybridized carbons (Fsp3) is 0.452. The highest BCUT2D eigenvalue weighted by Crippen LogP contribution is 2.32. The number of ether oxygens (including phenoxy) is 3. The van der Waals surface area contributed by atoms with Crippen LogP contribution in [0.1, 0.15) is 36.1 Å². The van der Waals surface area contributed by atoms with E-state index in [9.17, 15) is 9.59 Å². The number of hydrogen-bond donors (Lipinski definition) is 3. The van der Waals surface area contributed by atoms with Crippen LogP contribution in [0.4, 0.5) is 0 Å². The zero-order valence-corrected chi connectivity index (χ0v) is 23.9. The molecule has 1 aromatic heterocycles. The molecule has 3 aromatic rings. The molecule has 11 heteroatoms. The smallest absolute Gasteiger partial charge is 0.328 e. The monoisotopic (exact) mass is 581 g/mol. The molecule has 2 aromatic carbocycles. The lowest BCUT2D eigenvalue weighted by Gasteiger charge is -2.32. The van der Waals surface area contributed by atoms with Crippen molar-refractivity contribution in [1.29, 1.82) is 0 Å². The van der Waals surface area contributed by atoms with Crippen LogP contribution < -0.4 is 10.1 Å². The zero-order chi connectivity index (χ0) is 29.7. The van der Waals surface area contributed by atoms with Gasteiger partial charge >= 0.3 is 11.9 Å². The average Bonchev–Trinajstić information content (AvgIpc) is 3.66. The summed E-state index contributed by atoms with van der Waals surface area (Å²) in [5.41, 5.74) is 4.06. The minimum absolute atomic E-state index is 0.0357. The number of aromatic nitrogens is 1. The fourth-order valence-electron chi connectivity index (χ4n) is 5.15. The highest BCUT2D eigenvalue weighted by molar-refractivity contribution is 5.89. The van der Waals surface area contributed by atoms with Crippen molar-refractivity contribution in [2.75, 3.05) is 39.9 Å². The SMILES string of the molecule is CNCc1c(OCc2ccccc2)ccc2c(CCC3CCN(CC4OCCO4)CC3)noc12.O=C(O)C=CC(=O)O. The van der Waals surface area contributed by atoms with Gasteiger partial charge in [0.05, 0.1) is 24.5 Å². The average molecular weight is 582 g/mol. The van der Waals surface area contributed by atoms with Gasteiger partial charge in [0.1, 0.15) is 12.4 Å². The largest absolute Gasteiger partial charge is 0.488 e. The number of piperidine rings is 1. The molecule has 0 bridgehead atoms. The van der Waals surface area contributed by atoms with E-state index in [1.165, 1.54) is 12.8 Å². The van der Waals surface area contributed by atoms with E-state index in [1.807, 2.05) is 25.2 Å². The van der Waals surface area contributed by atoms with Crippen LogP contribution in [0.5, 0.6) is 5.75 Å². The Labute approximate surface area is 245 Å². The van der Waals surface area contributed by atoms with Crippen LogP contribution in [-0.4, -0.2) is 78.4 Å². The Kier molecular flexibility index (Phi) is 11.9. The first-order chi connectivity index (χ1) is 20.4. The Morgan fingerprint density at radius 1 is 1.05 bits per heavy atom. The summed E-state index contributed by atoms with van der Waals surface area (Å²) in [5, 5.41) is 24.4. The van der Waals surface area contributed by atoms with Gasteiger partial charge in [0.15, 0.2) is 11.9 Å². The van der Waals surface area contributed by atoms with Crippen LogP contribution in [0.2, 0.25) is 0 Å². The van der Waals surface area contributed by atoms with Gasteiger partial charge in [0, 0.05) is 30.6 Å². The molecule has 0 aliphatic carbocycles. The number of hydrogen-bond acceptors (Lipinski definition) is 9. The minimum atomic E-state index is -1.26. The van der Waals surface area contributed by atoms with Crippen LogP contribution in [-0.2, 0) is 38.6 Å². The second-order valence-corrected chi connectivity index (χ2v) is 10.3. The second kappa shape index (κ2) is 16.0. The molecule has 0 radical (unpaired) electrons. The van der Waals surface area contributed by atoms with Crippen molar-refractivity contribution in [3.63, 3.8) is 0 Å². The van der Waals surface area contributed by atoms with Crippen LogP contribution in [0, 0.1) is 5.92 Å². The highest BCUT2D eigenvalue weighted by Gasteiger charge is 2.25. The number of nitrogens with one attached hydrogen (secondary N) is 1. The van der Waals surface area contributed by atoms with E-state index in [0.717, 1.165) is 85.1 Å². The molecule has 2 fully saturated rings. The molecule has 226 valence electrons. The van der Waals surface area contributed by atoms with Crippen LogP contribution >= 0.6 is 0 Å². The number of carboxylic acid groups (broad SMARTS) is 2. The summed E-state index contributed by atoms with van der Waals surface area (Å²) >= 11 is 0. The number of aryl methyl sites for hydroxylation is 1. The first kappa shape index (κ1) is 31.2. The van der Waals surface area contributed by atoms with E-state index in [-0.39, 0.29) is 6.29 Å². The summed E-state index contributed by atoms with van der Waals surface area (Å²) in [5.74, 6) is -0.950. The molecular weight excluding hydrogens is 542 g/mol. The van der Waals surface area contributed by atoms with E-state index in [2.05, 4.69) is 39.6 Å². The third-order valence-corrected chi connectivity index (χ3v) is 7.33. The van der Waals surface area contributed by atoms with Gasteiger partial charge in [-0.1, -0.05) is 35.5 Å². The molecule has 5 rings (SSSR count). The van der Waals surface area contributed by atoms with Crippen molar-refractivity contribution in [2.24, 2.45) is 5.92 Å². The van der Waals surface area contributed by atoms with Crippen molar-refractivity contribution in [2.45, 2.75) is 45.1 Å². The number of fused-ring (bicyclic) bond motifs is 1. The van der Waals surface area contributed by atoms with E-state index < -0.39 is 11.9 Å². The Morgan fingerprint density at radius 3 is 2.38 bits per heavy atom. The van der Waals surface area contributed by atoms with Crippen LogP contribution in [0.15, 0.2) is 59.1 Å². The summed E-state index contributed by atoms with van der Waals surface area (Å²) in [7, 11) is 1.94. The maximum Gasteiger partial charge on any atom is 0.328 e. The minimum Gasteiger partial charge on any atom is -0.488 e. The standard InChI is InChI=1S/C27H35N3O4.C4H4O4/c1-28-17-23-25(33-19-21-5-3-2-4-6-21)10-8-22-24(29-34-27(22)23)9-7-20-11-13-30(14-12-20)18-26-31-15-16-32-26;5-3(6)1-2-4(7)8/h2-6,8,10,20,26,28H,7,9,11-19H2,1H3;1-2H,(H,5,6)(H,7,8). The maximum atomic E-state index is 9.55.